The Hall–Kier alpha value is -10.5. The maximum Gasteiger partial charge on any atom is 0.351 e. The second kappa shape index (κ2) is 44.9. The number of para-hydroxylation sites is 5. The highest BCUT2D eigenvalue weighted by Gasteiger charge is 2.38. The number of hydrogen-bond acceptors (Lipinski definition) is 14. The van der Waals surface area contributed by atoms with Crippen LogP contribution in [0.15, 0.2) is 170 Å². The first-order valence-corrected chi connectivity index (χ1v) is 39.7. The Labute approximate surface area is 653 Å². The summed E-state index contributed by atoms with van der Waals surface area (Å²) in [6.07, 6.45) is 28.0. The van der Waals surface area contributed by atoms with Crippen LogP contribution in [0.25, 0.3) is 32.8 Å². The molecule has 20 nitrogen and oxygen atoms in total. The fourth-order valence-electron chi connectivity index (χ4n) is 12.9. The monoisotopic (exact) mass is 1510 g/mol. The molecule has 0 spiro atoms. The second-order valence-electron chi connectivity index (χ2n) is 29.0. The Balaban J connectivity index is 0.000000256. The number of aromatic nitrogens is 6. The summed E-state index contributed by atoms with van der Waals surface area (Å²) in [5.41, 5.74) is 5.81. The number of nitrogens with zero attached hydrogens (tertiary/aromatic N) is 7. The third-order valence-electron chi connectivity index (χ3n) is 18.9. The molecular formula is C89H111ClN10O10. The number of anilines is 4. The lowest BCUT2D eigenvalue weighted by Gasteiger charge is -2.24. The summed E-state index contributed by atoms with van der Waals surface area (Å²) in [6.45, 7) is 16.6. The van der Waals surface area contributed by atoms with Gasteiger partial charge in [-0.3, -0.25) is 28.9 Å². The van der Waals surface area contributed by atoms with Crippen molar-refractivity contribution in [3.8, 4) is 23.0 Å². The van der Waals surface area contributed by atoms with E-state index in [2.05, 4.69) is 50.4 Å². The number of aromatic hydroxyl groups is 1. The van der Waals surface area contributed by atoms with Crippen LogP contribution in [0.2, 0.25) is 5.02 Å². The number of nitrogens with one attached hydrogen (secondary N) is 3. The molecule has 0 bridgehead atoms. The van der Waals surface area contributed by atoms with Gasteiger partial charge < -0.3 is 35.3 Å². The number of fused-ring (bicyclic) bond motifs is 3. The molecule has 4 N–H and O–H groups in total. The van der Waals surface area contributed by atoms with Gasteiger partial charge in [-0.1, -0.05) is 276 Å². The van der Waals surface area contributed by atoms with E-state index in [1.54, 1.807) is 92.4 Å². The average Bonchev–Trinajstić information content (AvgIpc) is 1.38. The standard InChI is InChI=1S/C50H69N5O4.C31H34ClN5O4.C8H8O2/c1-3-5-7-9-11-13-15-16-18-20-22-28-39-59-47-35-26-24-32-44(47)51-49(57)42-37-36-40-41(48(42)56)30-29-34-45(40)54(38-27-21-19-17-14-12-10-8-6-4-2)50(58)55-46-33-25-23-31-43(46)52-53-55;1-19-12-15-26(20(2)17-19)41-16-8-11-27(38)33-21-13-14-22(32)24(18-21)34-30(40)28(29(39)31(3,4)5)37-25-10-7-6-9-23(25)35-36-37;1-7(9)10-8-5-3-2-4-6-8/h23-26,29-37,56H,3-22,27-28,38-39H2,1-2H3,(H,51,57);6-7,9-10,12-15,17-18,28H,8,11,16H2,1-5H3,(H,33,38)(H,34,40);2-6H,1H3. The smallest absolute Gasteiger partial charge is 0.351 e. The fraction of sp³-hybridized carbons (Fsp3) is 0.416. The number of amides is 4. The zero-order chi connectivity index (χ0) is 78.6. The van der Waals surface area contributed by atoms with Crippen LogP contribution in [-0.4, -0.2) is 90.4 Å². The van der Waals surface area contributed by atoms with Crippen molar-refractivity contribution in [3.63, 3.8) is 0 Å². The first-order valence-electron chi connectivity index (χ1n) is 39.3. The quantitative estimate of drug-likeness (QED) is 0.0121. The van der Waals surface area contributed by atoms with Crippen LogP contribution in [-0.2, 0) is 19.2 Å². The Kier molecular flexibility index (Phi) is 34.7. The van der Waals surface area contributed by atoms with E-state index in [-0.39, 0.29) is 52.1 Å². The van der Waals surface area contributed by atoms with E-state index in [9.17, 15) is 33.9 Å². The number of benzene rings is 8. The number of hydrogen-bond donors (Lipinski definition) is 4. The van der Waals surface area contributed by atoms with Gasteiger partial charge in [-0.25, -0.2) is 9.48 Å². The normalized spacial score (nSPS) is 11.4. The van der Waals surface area contributed by atoms with E-state index in [0.717, 1.165) is 49.0 Å². The number of unbranched alkanes of at least 4 members (excludes halogenated alkanes) is 20. The number of rotatable bonds is 39. The van der Waals surface area contributed by atoms with E-state index in [0.29, 0.717) is 87.6 Å². The van der Waals surface area contributed by atoms with Gasteiger partial charge in [0.05, 0.1) is 51.9 Å². The minimum absolute atomic E-state index is 0.139. The molecule has 0 saturated carbocycles. The van der Waals surface area contributed by atoms with Crippen LogP contribution in [0, 0.1) is 19.3 Å². The molecule has 4 amide bonds. The molecule has 10 rings (SSSR count). The molecule has 584 valence electrons. The average molecular weight is 1520 g/mol. The number of carbonyl (C=O) groups excluding carboxylic acids is 6. The summed E-state index contributed by atoms with van der Waals surface area (Å²) in [5.74, 6) is -0.0314. The number of phenolic OH excluding ortho intramolecular Hbond substituents is 1. The molecule has 0 fully saturated rings. The predicted octanol–water partition coefficient (Wildman–Crippen LogP) is 21.9. The molecular weight excluding hydrogens is 1400 g/mol. The minimum atomic E-state index is -1.28. The first-order chi connectivity index (χ1) is 53.3. The van der Waals surface area contributed by atoms with Crippen molar-refractivity contribution >= 4 is 103 Å². The number of esters is 1. The SMILES string of the molecule is CC(=O)Oc1ccccc1.CCCCCCCCCCCCCCOc1ccccc1NC(=O)c1ccc2c(N(CCCCCCCCCCCC)C(=O)n3nnc4ccccc43)cccc2c1O.Cc1ccc(OCCCC(=O)Nc2ccc(Cl)c(NC(=O)C(C(=O)C(C)(C)C)n3nnc4ccccc43)c2)c(C)c1. The zero-order valence-electron chi connectivity index (χ0n) is 65.5. The van der Waals surface area contributed by atoms with Gasteiger partial charge in [-0.05, 0) is 124 Å². The highest BCUT2D eigenvalue weighted by Crippen LogP contribution is 2.38. The summed E-state index contributed by atoms with van der Waals surface area (Å²) >= 11 is 6.39. The summed E-state index contributed by atoms with van der Waals surface area (Å²) in [7, 11) is 0. The third kappa shape index (κ3) is 26.4. The van der Waals surface area contributed by atoms with Crippen LogP contribution >= 0.6 is 11.6 Å². The van der Waals surface area contributed by atoms with E-state index in [1.807, 2.05) is 117 Å². The van der Waals surface area contributed by atoms with Gasteiger partial charge in [0.15, 0.2) is 11.8 Å². The summed E-state index contributed by atoms with van der Waals surface area (Å²) in [4.78, 5) is 79.8. The number of Topliss-reactive ketones (excluding diaryl/α,β-unsaturated/α-hetero) is 1. The Bertz CT molecular complexity index is 4590. The molecule has 2 heterocycles. The van der Waals surface area contributed by atoms with Crippen LogP contribution in [0.5, 0.6) is 23.0 Å². The van der Waals surface area contributed by atoms with Crippen molar-refractivity contribution in [1.29, 1.82) is 0 Å². The largest absolute Gasteiger partial charge is 0.506 e. The number of ether oxygens (including phenoxy) is 3. The lowest BCUT2D eigenvalue weighted by atomic mass is 9.86. The first kappa shape index (κ1) is 85.1. The Morgan fingerprint density at radius 3 is 1.75 bits per heavy atom. The predicted molar refractivity (Wildman–Crippen MR) is 442 cm³/mol. The van der Waals surface area contributed by atoms with Crippen molar-refractivity contribution in [3.05, 3.63) is 192 Å². The van der Waals surface area contributed by atoms with Gasteiger partial charge in [0.2, 0.25) is 5.91 Å². The number of ketones is 1. The van der Waals surface area contributed by atoms with Gasteiger partial charge in [0.1, 0.15) is 34.0 Å². The van der Waals surface area contributed by atoms with E-state index in [1.165, 1.54) is 125 Å². The van der Waals surface area contributed by atoms with Crippen LogP contribution in [0.1, 0.15) is 223 Å². The van der Waals surface area contributed by atoms with Crippen molar-refractivity contribution in [2.24, 2.45) is 5.41 Å². The minimum Gasteiger partial charge on any atom is -0.506 e. The van der Waals surface area contributed by atoms with Crippen molar-refractivity contribution in [2.45, 2.75) is 216 Å². The maximum atomic E-state index is 14.3. The molecule has 110 heavy (non-hydrogen) atoms. The van der Waals surface area contributed by atoms with E-state index < -0.39 is 23.3 Å². The Morgan fingerprint density at radius 1 is 0.536 bits per heavy atom. The van der Waals surface area contributed by atoms with Crippen molar-refractivity contribution in [2.75, 3.05) is 40.6 Å². The molecule has 10 aromatic rings. The molecule has 1 atom stereocenters. The lowest BCUT2D eigenvalue weighted by Crippen LogP contribution is -2.39. The van der Waals surface area contributed by atoms with Gasteiger partial charge in [-0.15, -0.1) is 10.2 Å². The maximum absolute atomic E-state index is 14.3. The van der Waals surface area contributed by atoms with E-state index >= 15 is 0 Å². The van der Waals surface area contributed by atoms with Crippen molar-refractivity contribution < 1.29 is 48.1 Å². The lowest BCUT2D eigenvalue weighted by molar-refractivity contribution is -0.136. The molecule has 2 aromatic heterocycles. The summed E-state index contributed by atoms with van der Waals surface area (Å²) in [6, 6.07) is 49.0. The molecule has 0 aliphatic rings. The Morgan fingerprint density at radius 2 is 1.11 bits per heavy atom. The number of halogens is 1. The molecule has 0 aliphatic heterocycles. The van der Waals surface area contributed by atoms with Crippen LogP contribution < -0.4 is 35.1 Å². The van der Waals surface area contributed by atoms with Gasteiger partial charge in [0, 0.05) is 41.8 Å². The van der Waals surface area contributed by atoms with Gasteiger partial charge >= 0.3 is 12.0 Å². The van der Waals surface area contributed by atoms with Gasteiger partial charge in [-0.2, -0.15) is 4.68 Å². The number of phenols is 1. The van der Waals surface area contributed by atoms with Crippen LogP contribution in [0.3, 0.4) is 0 Å². The topological polar surface area (TPSA) is 251 Å². The second-order valence-corrected chi connectivity index (χ2v) is 29.4. The fourth-order valence-corrected chi connectivity index (χ4v) is 13.1. The summed E-state index contributed by atoms with van der Waals surface area (Å²) in [5, 5.41) is 38.3. The number of carbonyl (C=O) groups is 6. The molecule has 0 aliphatic carbocycles. The van der Waals surface area contributed by atoms with Crippen LogP contribution in [0.4, 0.5) is 27.5 Å². The highest BCUT2D eigenvalue weighted by molar-refractivity contribution is 6.34. The third-order valence-corrected chi connectivity index (χ3v) is 19.3. The molecule has 0 saturated heterocycles. The highest BCUT2D eigenvalue weighted by atomic mass is 35.5. The molecule has 8 aromatic carbocycles. The van der Waals surface area contributed by atoms with E-state index in [4.69, 9.17) is 25.8 Å². The zero-order valence-corrected chi connectivity index (χ0v) is 66.2. The molecule has 21 heteroatoms. The summed E-state index contributed by atoms with van der Waals surface area (Å²) < 4.78 is 19.4. The molecule has 0 radical (unpaired) electrons. The molecule has 1 unspecified atom stereocenters. The van der Waals surface area contributed by atoms with Gasteiger partial charge in [0.25, 0.3) is 11.8 Å². The number of aryl methyl sites for hydroxylation is 2. The van der Waals surface area contributed by atoms with Crippen molar-refractivity contribution in [1.82, 2.24) is 30.0 Å².